The Hall–Kier alpha value is -3.26. The van der Waals surface area contributed by atoms with Crippen molar-refractivity contribution in [3.05, 3.63) is 64.7 Å². The van der Waals surface area contributed by atoms with Gasteiger partial charge in [0, 0.05) is 19.0 Å². The van der Waals surface area contributed by atoms with E-state index >= 15 is 0 Å². The lowest BCUT2D eigenvalue weighted by Gasteiger charge is -2.32. The Labute approximate surface area is 202 Å². The summed E-state index contributed by atoms with van der Waals surface area (Å²) in [6.45, 7) is 4.78. The van der Waals surface area contributed by atoms with E-state index in [-0.39, 0.29) is 24.3 Å². The van der Waals surface area contributed by atoms with Crippen LogP contribution in [0, 0.1) is 6.92 Å². The molecule has 0 radical (unpaired) electrons. The Bertz CT molecular complexity index is 1220. The molecular weight excluding hydrogens is 448 g/mol. The maximum Gasteiger partial charge on any atom is 0.325 e. The number of nitrogens with zero attached hydrogens (tertiary/aromatic N) is 3. The first kappa shape index (κ1) is 22.5. The predicted molar refractivity (Wildman–Crippen MR) is 132 cm³/mol. The van der Waals surface area contributed by atoms with Gasteiger partial charge in [0.1, 0.15) is 12.1 Å². The van der Waals surface area contributed by atoms with Crippen molar-refractivity contribution in [2.45, 2.75) is 44.6 Å². The summed E-state index contributed by atoms with van der Waals surface area (Å²) in [5, 5.41) is 3.91. The zero-order valence-corrected chi connectivity index (χ0v) is 20.2. The smallest absolute Gasteiger partial charge is 0.325 e. The van der Waals surface area contributed by atoms with Crippen LogP contribution < -0.4 is 5.32 Å². The maximum absolute atomic E-state index is 13.4. The number of fused-ring (bicyclic) bond motifs is 1. The van der Waals surface area contributed by atoms with Gasteiger partial charge in [0.25, 0.3) is 5.91 Å². The van der Waals surface area contributed by atoms with Crippen LogP contribution in [0.2, 0.25) is 0 Å². The lowest BCUT2D eigenvalue weighted by molar-refractivity contribution is -0.140. The van der Waals surface area contributed by atoms with Gasteiger partial charge < -0.3 is 10.2 Å². The fourth-order valence-electron chi connectivity index (χ4n) is 4.95. The number of hydrogen-bond donors (Lipinski definition) is 1. The van der Waals surface area contributed by atoms with Gasteiger partial charge in [-0.05, 0) is 43.9 Å². The van der Waals surface area contributed by atoms with Gasteiger partial charge in [-0.15, -0.1) is 11.3 Å². The van der Waals surface area contributed by atoms with Crippen molar-refractivity contribution in [2.24, 2.45) is 0 Å². The van der Waals surface area contributed by atoms with Gasteiger partial charge >= 0.3 is 6.03 Å². The molecule has 3 heterocycles. The summed E-state index contributed by atoms with van der Waals surface area (Å²) in [5.41, 5.74) is 1.67. The number of urea groups is 1. The number of carbonyl (C=O) groups excluding carboxylic acids is 3. The van der Waals surface area contributed by atoms with Crippen LogP contribution in [0.25, 0.3) is 10.2 Å². The first-order valence-corrected chi connectivity index (χ1v) is 12.6. The second-order valence-electron chi connectivity index (χ2n) is 9.15. The Morgan fingerprint density at radius 2 is 1.94 bits per heavy atom. The summed E-state index contributed by atoms with van der Waals surface area (Å²) >= 11 is 1.67. The monoisotopic (exact) mass is 476 g/mol. The Morgan fingerprint density at radius 3 is 2.68 bits per heavy atom. The van der Waals surface area contributed by atoms with Crippen molar-refractivity contribution < 1.29 is 14.4 Å². The molecule has 8 heteroatoms. The highest BCUT2D eigenvalue weighted by Crippen LogP contribution is 2.34. The molecular formula is C26H28N4O3S. The van der Waals surface area contributed by atoms with E-state index in [9.17, 15) is 14.4 Å². The normalized spacial score (nSPS) is 22.9. The summed E-state index contributed by atoms with van der Waals surface area (Å²) in [7, 11) is 0. The number of benzene rings is 2. The van der Waals surface area contributed by atoms with E-state index < -0.39 is 11.6 Å². The topological polar surface area (TPSA) is 82.6 Å². The molecule has 2 aromatic carbocycles. The van der Waals surface area contributed by atoms with Crippen LogP contribution in [-0.2, 0) is 15.1 Å². The van der Waals surface area contributed by atoms with E-state index in [1.165, 1.54) is 0 Å². The van der Waals surface area contributed by atoms with Crippen molar-refractivity contribution in [1.82, 2.24) is 20.1 Å². The lowest BCUT2D eigenvalue weighted by atomic mass is 9.86. The van der Waals surface area contributed by atoms with Gasteiger partial charge in [0.2, 0.25) is 5.91 Å². The molecule has 2 aliphatic heterocycles. The van der Waals surface area contributed by atoms with Crippen LogP contribution in [0.4, 0.5) is 4.79 Å². The number of carbonyl (C=O) groups is 3. The minimum atomic E-state index is -1.13. The summed E-state index contributed by atoms with van der Waals surface area (Å²) in [6.07, 6.45) is 2.25. The fraction of sp³-hybridized carbons (Fsp3) is 0.385. The lowest BCUT2D eigenvalue weighted by Crippen LogP contribution is -2.47. The van der Waals surface area contributed by atoms with Gasteiger partial charge in [0.15, 0.2) is 0 Å². The van der Waals surface area contributed by atoms with Crippen LogP contribution in [0.1, 0.15) is 48.2 Å². The molecule has 0 spiro atoms. The average molecular weight is 477 g/mol. The second-order valence-corrected chi connectivity index (χ2v) is 10.2. The van der Waals surface area contributed by atoms with E-state index in [1.54, 1.807) is 16.2 Å². The zero-order valence-electron chi connectivity index (χ0n) is 19.4. The standard InChI is InChI=1S/C26H28N4O3S/c1-3-26(19-12-10-17(2)11-13-19)24(32)30(25(33)28-26)16-22(31)29-14-6-7-18(15-29)23-27-20-8-4-5-9-21(20)34-23/h4-5,8-13,18H,3,6-7,14-16H2,1-2H3,(H,28,33). The quantitative estimate of drug-likeness (QED) is 0.561. The van der Waals surface area contributed by atoms with Crippen LogP contribution in [0.5, 0.6) is 0 Å². The fourth-order valence-corrected chi connectivity index (χ4v) is 6.05. The molecule has 2 atom stereocenters. The number of rotatable bonds is 5. The van der Waals surface area contributed by atoms with Gasteiger partial charge in [-0.1, -0.05) is 48.9 Å². The number of hydrogen-bond acceptors (Lipinski definition) is 5. The number of imide groups is 1. The first-order chi connectivity index (χ1) is 16.4. The molecule has 0 saturated carbocycles. The molecule has 176 valence electrons. The van der Waals surface area contributed by atoms with Crippen LogP contribution in [0.15, 0.2) is 48.5 Å². The molecule has 3 aromatic rings. The van der Waals surface area contributed by atoms with E-state index in [2.05, 4.69) is 11.4 Å². The minimum Gasteiger partial charge on any atom is -0.340 e. The van der Waals surface area contributed by atoms with E-state index in [1.807, 2.05) is 56.3 Å². The number of aromatic nitrogens is 1. The van der Waals surface area contributed by atoms with Crippen molar-refractivity contribution >= 4 is 39.4 Å². The Balaban J connectivity index is 1.31. The number of likely N-dealkylation sites (tertiary alicyclic amines) is 1. The molecule has 4 amide bonds. The zero-order chi connectivity index (χ0) is 23.9. The van der Waals surface area contributed by atoms with Gasteiger partial charge in [-0.2, -0.15) is 0 Å². The highest BCUT2D eigenvalue weighted by Gasteiger charge is 2.51. The third-order valence-corrected chi connectivity index (χ3v) is 8.18. The Kier molecular flexibility index (Phi) is 5.85. The van der Waals surface area contributed by atoms with Crippen molar-refractivity contribution in [3.63, 3.8) is 0 Å². The highest BCUT2D eigenvalue weighted by atomic mass is 32.1. The van der Waals surface area contributed by atoms with E-state index in [4.69, 9.17) is 4.98 Å². The van der Waals surface area contributed by atoms with Gasteiger partial charge in [0.05, 0.1) is 15.2 Å². The highest BCUT2D eigenvalue weighted by molar-refractivity contribution is 7.18. The van der Waals surface area contributed by atoms with Crippen LogP contribution in [-0.4, -0.2) is 52.3 Å². The van der Waals surface area contributed by atoms with Crippen molar-refractivity contribution in [3.8, 4) is 0 Å². The average Bonchev–Trinajstić information content (AvgIpc) is 3.40. The molecule has 5 rings (SSSR count). The summed E-state index contributed by atoms with van der Waals surface area (Å²) in [5.74, 6) is -0.400. The third kappa shape index (κ3) is 3.86. The summed E-state index contributed by atoms with van der Waals surface area (Å²) in [4.78, 5) is 47.1. The minimum absolute atomic E-state index is 0.167. The molecule has 1 aromatic heterocycles. The van der Waals surface area contributed by atoms with Crippen LogP contribution >= 0.6 is 11.3 Å². The van der Waals surface area contributed by atoms with Crippen molar-refractivity contribution in [2.75, 3.05) is 19.6 Å². The van der Waals surface area contributed by atoms with Crippen molar-refractivity contribution in [1.29, 1.82) is 0 Å². The number of piperidine rings is 1. The molecule has 34 heavy (non-hydrogen) atoms. The summed E-state index contributed by atoms with van der Waals surface area (Å²) < 4.78 is 1.15. The second kappa shape index (κ2) is 8.83. The molecule has 2 unspecified atom stereocenters. The van der Waals surface area contributed by atoms with Gasteiger partial charge in [-0.3, -0.25) is 14.5 Å². The molecule has 2 fully saturated rings. The first-order valence-electron chi connectivity index (χ1n) is 11.8. The van der Waals surface area contributed by atoms with Gasteiger partial charge in [-0.25, -0.2) is 9.78 Å². The number of nitrogens with one attached hydrogen (secondary N) is 1. The Morgan fingerprint density at radius 1 is 1.18 bits per heavy atom. The molecule has 2 aliphatic rings. The molecule has 2 saturated heterocycles. The predicted octanol–water partition coefficient (Wildman–Crippen LogP) is 4.17. The third-order valence-electron chi connectivity index (χ3n) is 6.98. The maximum atomic E-state index is 13.4. The molecule has 7 nitrogen and oxygen atoms in total. The molecule has 0 aliphatic carbocycles. The summed E-state index contributed by atoms with van der Waals surface area (Å²) in [6, 6.07) is 15.1. The number of para-hydroxylation sites is 1. The number of amides is 4. The SMILES string of the molecule is CCC1(c2ccc(C)cc2)NC(=O)N(CC(=O)N2CCCC(c3nc4ccccc4s3)C2)C1=O. The van der Waals surface area contributed by atoms with E-state index in [0.717, 1.165) is 44.1 Å². The van der Waals surface area contributed by atoms with E-state index in [0.29, 0.717) is 19.5 Å². The number of aryl methyl sites for hydroxylation is 1. The molecule has 0 bridgehead atoms. The number of thiazole rings is 1. The molecule has 1 N–H and O–H groups in total. The largest absolute Gasteiger partial charge is 0.340 e. The van der Waals surface area contributed by atoms with Crippen LogP contribution in [0.3, 0.4) is 0 Å².